The Labute approximate surface area is 147 Å². The van der Waals surface area contributed by atoms with Crippen molar-refractivity contribution in [2.45, 2.75) is 12.5 Å². The largest absolute Gasteiger partial charge is 0.481 e. The van der Waals surface area contributed by atoms with Crippen LogP contribution < -0.4 is 4.90 Å². The fourth-order valence-corrected chi connectivity index (χ4v) is 3.68. The second kappa shape index (κ2) is 7.84. The molecule has 1 aromatic carbocycles. The van der Waals surface area contributed by atoms with Crippen LogP contribution in [0.4, 0.5) is 5.69 Å². The van der Waals surface area contributed by atoms with E-state index in [-0.39, 0.29) is 12.3 Å². The molecule has 2 saturated heterocycles. The van der Waals surface area contributed by atoms with Gasteiger partial charge in [-0.25, -0.2) is 0 Å². The van der Waals surface area contributed by atoms with E-state index in [1.54, 1.807) is 12.0 Å². The molecule has 2 heterocycles. The van der Waals surface area contributed by atoms with Gasteiger partial charge in [-0.3, -0.25) is 9.59 Å². The lowest BCUT2D eigenvalue weighted by atomic mass is 9.92. The van der Waals surface area contributed by atoms with Crippen LogP contribution in [-0.2, 0) is 19.1 Å². The van der Waals surface area contributed by atoms with Gasteiger partial charge in [-0.1, -0.05) is 18.2 Å². The monoisotopic (exact) mass is 348 g/mol. The summed E-state index contributed by atoms with van der Waals surface area (Å²) < 4.78 is 10.5. The lowest BCUT2D eigenvalue weighted by Crippen LogP contribution is -2.39. The Kier molecular flexibility index (Phi) is 5.55. The summed E-state index contributed by atoms with van der Waals surface area (Å²) in [4.78, 5) is 28.1. The van der Waals surface area contributed by atoms with E-state index >= 15 is 0 Å². The first kappa shape index (κ1) is 17.7. The molecule has 0 saturated carbocycles. The predicted octanol–water partition coefficient (Wildman–Crippen LogP) is 1.14. The van der Waals surface area contributed by atoms with E-state index in [4.69, 9.17) is 9.47 Å². The Balaban J connectivity index is 1.98. The molecule has 2 atom stereocenters. The molecule has 1 aromatic rings. The summed E-state index contributed by atoms with van der Waals surface area (Å²) in [6, 6.07) is 7.30. The molecule has 0 aromatic heterocycles. The number of benzene rings is 1. The number of hydrogen-bond acceptors (Lipinski definition) is 5. The number of likely N-dealkylation sites (tertiary alicyclic amines) is 1. The van der Waals surface area contributed by atoms with E-state index in [0.29, 0.717) is 26.4 Å². The molecule has 0 spiro atoms. The number of carboxylic acid groups (broad SMARTS) is 1. The topological polar surface area (TPSA) is 79.3 Å². The Morgan fingerprint density at radius 1 is 1.32 bits per heavy atom. The van der Waals surface area contributed by atoms with Crippen molar-refractivity contribution in [3.05, 3.63) is 29.8 Å². The molecule has 7 heteroatoms. The van der Waals surface area contributed by atoms with Crippen LogP contribution in [0.1, 0.15) is 18.0 Å². The first-order valence-electron chi connectivity index (χ1n) is 8.56. The average molecular weight is 348 g/mol. The number of morpholine rings is 1. The zero-order chi connectivity index (χ0) is 17.8. The van der Waals surface area contributed by atoms with E-state index < -0.39 is 17.9 Å². The SMILES string of the molecule is COCCN1C(=O)C[C@@H](C(=O)O)[C@H]1c1ccccc1N1CCOCC1. The standard InChI is InChI=1S/C18H24N2O5/c1-24-9-8-20-16(21)12-14(18(22)23)17(20)13-4-2-3-5-15(13)19-6-10-25-11-7-19/h2-5,14,17H,6-12H2,1H3,(H,22,23)/t14-,17-/m1/s1. The summed E-state index contributed by atoms with van der Waals surface area (Å²) in [7, 11) is 1.58. The van der Waals surface area contributed by atoms with E-state index in [1.165, 1.54) is 0 Å². The Bertz CT molecular complexity index is 630. The van der Waals surface area contributed by atoms with Gasteiger partial charge < -0.3 is 24.4 Å². The molecule has 2 aliphatic rings. The molecular weight excluding hydrogens is 324 g/mol. The van der Waals surface area contributed by atoms with Gasteiger partial charge in [0.05, 0.1) is 31.8 Å². The molecule has 0 radical (unpaired) electrons. The third kappa shape index (κ3) is 3.62. The van der Waals surface area contributed by atoms with Gasteiger partial charge in [-0.05, 0) is 11.6 Å². The van der Waals surface area contributed by atoms with E-state index in [9.17, 15) is 14.7 Å². The average Bonchev–Trinajstić information content (AvgIpc) is 2.97. The number of aliphatic carboxylic acids is 1. The lowest BCUT2D eigenvalue weighted by Gasteiger charge is -2.34. The predicted molar refractivity (Wildman–Crippen MR) is 91.5 cm³/mol. The van der Waals surface area contributed by atoms with Crippen LogP contribution in [0.3, 0.4) is 0 Å². The number of amides is 1. The zero-order valence-corrected chi connectivity index (χ0v) is 14.4. The minimum absolute atomic E-state index is 0.0289. The Morgan fingerprint density at radius 3 is 2.72 bits per heavy atom. The molecular formula is C18H24N2O5. The summed E-state index contributed by atoms with van der Waals surface area (Å²) in [5, 5.41) is 9.66. The van der Waals surface area contributed by atoms with Crippen LogP contribution in [0.2, 0.25) is 0 Å². The van der Waals surface area contributed by atoms with Crippen molar-refractivity contribution in [3.63, 3.8) is 0 Å². The van der Waals surface area contributed by atoms with E-state index in [2.05, 4.69) is 4.90 Å². The highest BCUT2D eigenvalue weighted by Gasteiger charge is 2.45. The fourth-order valence-electron chi connectivity index (χ4n) is 3.68. The van der Waals surface area contributed by atoms with Crippen LogP contribution in [0.15, 0.2) is 24.3 Å². The molecule has 7 nitrogen and oxygen atoms in total. The van der Waals surface area contributed by atoms with Crippen molar-refractivity contribution < 1.29 is 24.2 Å². The molecule has 1 N–H and O–H groups in total. The number of carbonyl (C=O) groups excluding carboxylic acids is 1. The number of para-hydroxylation sites is 1. The first-order valence-corrected chi connectivity index (χ1v) is 8.56. The number of carbonyl (C=O) groups is 2. The van der Waals surface area contributed by atoms with Gasteiger partial charge in [0.1, 0.15) is 0 Å². The van der Waals surface area contributed by atoms with Crippen molar-refractivity contribution in [1.29, 1.82) is 0 Å². The zero-order valence-electron chi connectivity index (χ0n) is 14.4. The summed E-state index contributed by atoms with van der Waals surface area (Å²) >= 11 is 0. The number of rotatable bonds is 6. The van der Waals surface area contributed by atoms with Gasteiger partial charge in [-0.2, -0.15) is 0 Å². The molecule has 3 rings (SSSR count). The molecule has 0 unspecified atom stereocenters. The van der Waals surface area contributed by atoms with Gasteiger partial charge in [0.25, 0.3) is 0 Å². The number of methoxy groups -OCH3 is 1. The summed E-state index contributed by atoms with van der Waals surface area (Å²) in [5.74, 6) is -1.81. The summed E-state index contributed by atoms with van der Waals surface area (Å²) in [6.07, 6.45) is 0.0289. The van der Waals surface area contributed by atoms with Crippen molar-refractivity contribution in [2.24, 2.45) is 5.92 Å². The molecule has 136 valence electrons. The lowest BCUT2D eigenvalue weighted by molar-refractivity contribution is -0.142. The van der Waals surface area contributed by atoms with Crippen LogP contribution in [0.25, 0.3) is 0 Å². The molecule has 25 heavy (non-hydrogen) atoms. The third-order valence-corrected chi connectivity index (χ3v) is 4.89. The number of anilines is 1. The molecule has 1 amide bonds. The minimum atomic E-state index is -0.935. The van der Waals surface area contributed by atoms with Crippen molar-refractivity contribution in [3.8, 4) is 0 Å². The maximum Gasteiger partial charge on any atom is 0.309 e. The quantitative estimate of drug-likeness (QED) is 0.831. The fraction of sp³-hybridized carbons (Fsp3) is 0.556. The van der Waals surface area contributed by atoms with Gasteiger partial charge >= 0.3 is 5.97 Å². The third-order valence-electron chi connectivity index (χ3n) is 4.89. The number of nitrogens with zero attached hydrogens (tertiary/aromatic N) is 2. The highest BCUT2D eigenvalue weighted by molar-refractivity contribution is 5.88. The van der Waals surface area contributed by atoms with E-state index in [0.717, 1.165) is 24.3 Å². The number of carboxylic acids is 1. The highest BCUT2D eigenvalue weighted by atomic mass is 16.5. The first-order chi connectivity index (χ1) is 12.1. The molecule has 2 aliphatic heterocycles. The number of hydrogen-bond donors (Lipinski definition) is 1. The van der Waals surface area contributed by atoms with Crippen molar-refractivity contribution in [2.75, 3.05) is 51.5 Å². The van der Waals surface area contributed by atoms with Crippen LogP contribution in [0, 0.1) is 5.92 Å². The molecule has 2 fully saturated rings. The molecule has 0 aliphatic carbocycles. The van der Waals surface area contributed by atoms with Gasteiger partial charge in [-0.15, -0.1) is 0 Å². The van der Waals surface area contributed by atoms with Crippen LogP contribution in [-0.4, -0.2) is 68.4 Å². The van der Waals surface area contributed by atoms with E-state index in [1.807, 2.05) is 24.3 Å². The normalized spacial score (nSPS) is 24.0. The van der Waals surface area contributed by atoms with Crippen LogP contribution in [0.5, 0.6) is 0 Å². The summed E-state index contributed by atoms with van der Waals surface area (Å²) in [6.45, 7) is 3.58. The smallest absolute Gasteiger partial charge is 0.309 e. The Morgan fingerprint density at radius 2 is 2.04 bits per heavy atom. The van der Waals surface area contributed by atoms with Gasteiger partial charge in [0.2, 0.25) is 5.91 Å². The van der Waals surface area contributed by atoms with Crippen molar-refractivity contribution >= 4 is 17.6 Å². The summed E-state index contributed by atoms with van der Waals surface area (Å²) in [5.41, 5.74) is 1.87. The second-order valence-corrected chi connectivity index (χ2v) is 6.33. The van der Waals surface area contributed by atoms with Gasteiger partial charge in [0.15, 0.2) is 0 Å². The Hall–Kier alpha value is -2.12. The van der Waals surface area contributed by atoms with Crippen LogP contribution >= 0.6 is 0 Å². The van der Waals surface area contributed by atoms with Gasteiger partial charge in [0, 0.05) is 38.9 Å². The maximum atomic E-state index is 12.4. The van der Waals surface area contributed by atoms with Crippen molar-refractivity contribution in [1.82, 2.24) is 4.90 Å². The highest BCUT2D eigenvalue weighted by Crippen LogP contribution is 2.42. The molecule has 0 bridgehead atoms. The second-order valence-electron chi connectivity index (χ2n) is 6.33. The maximum absolute atomic E-state index is 12.4. The minimum Gasteiger partial charge on any atom is -0.481 e. The number of ether oxygens (including phenoxy) is 2.